The summed E-state index contributed by atoms with van der Waals surface area (Å²) in [5, 5.41) is 3.04. The molecule has 8 nitrogen and oxygen atoms in total. The van der Waals surface area contributed by atoms with Crippen LogP contribution in [0.25, 0.3) is 0 Å². The zero-order valence-electron chi connectivity index (χ0n) is 20.3. The number of aromatic nitrogens is 1. The van der Waals surface area contributed by atoms with Crippen molar-refractivity contribution in [3.63, 3.8) is 0 Å². The van der Waals surface area contributed by atoms with Gasteiger partial charge in [-0.2, -0.15) is 0 Å². The first-order chi connectivity index (χ1) is 16.3. The molecule has 4 amide bonds. The van der Waals surface area contributed by atoms with Crippen molar-refractivity contribution in [3.8, 4) is 0 Å². The molecule has 2 aliphatic heterocycles. The third kappa shape index (κ3) is 4.41. The largest absolute Gasteiger partial charge is 0.378 e. The van der Waals surface area contributed by atoms with E-state index in [1.807, 2.05) is 62.0 Å². The second-order valence-electron chi connectivity index (χ2n) is 9.33. The number of urea groups is 1. The van der Waals surface area contributed by atoms with Gasteiger partial charge in [0.25, 0.3) is 11.8 Å². The predicted octanol–water partition coefficient (Wildman–Crippen LogP) is 3.31. The van der Waals surface area contributed by atoms with Gasteiger partial charge in [-0.15, -0.1) is 11.3 Å². The molecule has 0 bridgehead atoms. The van der Waals surface area contributed by atoms with Crippen LogP contribution in [0, 0.1) is 12.8 Å². The fourth-order valence-electron chi connectivity index (χ4n) is 5.09. The van der Waals surface area contributed by atoms with Gasteiger partial charge in [0.15, 0.2) is 0 Å². The van der Waals surface area contributed by atoms with Crippen LogP contribution in [0.15, 0.2) is 29.8 Å². The topological polar surface area (TPSA) is 85.8 Å². The predicted molar refractivity (Wildman–Crippen MR) is 133 cm³/mol. The van der Waals surface area contributed by atoms with Crippen LogP contribution in [-0.4, -0.2) is 71.9 Å². The summed E-state index contributed by atoms with van der Waals surface area (Å²) in [7, 11) is 3.94. The number of benzene rings is 1. The Kier molecular flexibility index (Phi) is 6.93. The summed E-state index contributed by atoms with van der Waals surface area (Å²) >= 11 is 1.55. The molecular formula is C25H33N5O3S. The lowest BCUT2D eigenvalue weighted by atomic mass is 9.75. The average molecular weight is 484 g/mol. The molecule has 0 radical (unpaired) electrons. The van der Waals surface area contributed by atoms with Crippen molar-refractivity contribution in [2.75, 3.05) is 38.6 Å². The van der Waals surface area contributed by atoms with Crippen molar-refractivity contribution in [1.82, 2.24) is 20.1 Å². The molecule has 34 heavy (non-hydrogen) atoms. The molecule has 1 aromatic carbocycles. The van der Waals surface area contributed by atoms with Gasteiger partial charge in [0.1, 0.15) is 5.54 Å². The van der Waals surface area contributed by atoms with Gasteiger partial charge in [-0.05, 0) is 56.4 Å². The first-order valence-corrected chi connectivity index (χ1v) is 12.7. The normalized spacial score (nSPS) is 21.2. The van der Waals surface area contributed by atoms with Crippen molar-refractivity contribution < 1.29 is 14.4 Å². The highest BCUT2D eigenvalue weighted by atomic mass is 32.1. The van der Waals surface area contributed by atoms with Crippen molar-refractivity contribution in [2.24, 2.45) is 5.92 Å². The van der Waals surface area contributed by atoms with E-state index in [9.17, 15) is 14.4 Å². The molecule has 2 aliphatic rings. The van der Waals surface area contributed by atoms with Gasteiger partial charge < -0.3 is 15.1 Å². The molecule has 2 aromatic rings. The van der Waals surface area contributed by atoms with Crippen molar-refractivity contribution >= 4 is 34.9 Å². The number of hydrogen-bond acceptors (Lipinski definition) is 6. The van der Waals surface area contributed by atoms with Gasteiger partial charge in [0, 0.05) is 56.3 Å². The highest BCUT2D eigenvalue weighted by Crippen LogP contribution is 2.36. The molecule has 1 aromatic heterocycles. The highest BCUT2D eigenvalue weighted by molar-refractivity contribution is 7.09. The number of thiazole rings is 1. The van der Waals surface area contributed by atoms with E-state index >= 15 is 0 Å². The Bertz CT molecular complexity index is 1060. The zero-order chi connectivity index (χ0) is 24.5. The van der Waals surface area contributed by atoms with Crippen LogP contribution in [0.4, 0.5) is 10.5 Å². The first kappa shape index (κ1) is 24.2. The third-order valence-corrected chi connectivity index (χ3v) is 8.27. The second kappa shape index (κ2) is 9.74. The molecule has 9 heteroatoms. The van der Waals surface area contributed by atoms with Crippen molar-refractivity contribution in [1.29, 1.82) is 0 Å². The molecule has 2 saturated heterocycles. The van der Waals surface area contributed by atoms with E-state index in [2.05, 4.69) is 10.3 Å². The number of hydrogen-bond donors (Lipinski definition) is 1. The van der Waals surface area contributed by atoms with Crippen LogP contribution < -0.4 is 10.2 Å². The molecule has 0 saturated carbocycles. The Morgan fingerprint density at radius 2 is 1.88 bits per heavy atom. The lowest BCUT2D eigenvalue weighted by Gasteiger charge is -2.40. The zero-order valence-corrected chi connectivity index (χ0v) is 21.2. The smallest absolute Gasteiger partial charge is 0.325 e. The van der Waals surface area contributed by atoms with Crippen LogP contribution in [-0.2, 0) is 11.2 Å². The molecule has 3 heterocycles. The number of anilines is 1. The van der Waals surface area contributed by atoms with Crippen LogP contribution >= 0.6 is 11.3 Å². The summed E-state index contributed by atoms with van der Waals surface area (Å²) in [5.41, 5.74) is 3.57. The molecule has 0 aliphatic carbocycles. The molecule has 1 N–H and O–H groups in total. The summed E-state index contributed by atoms with van der Waals surface area (Å²) < 4.78 is 0. The number of carbonyl (C=O) groups is 3. The second-order valence-corrected chi connectivity index (χ2v) is 10.3. The number of carbonyl (C=O) groups excluding carboxylic acids is 3. The number of nitrogens with one attached hydrogen (secondary N) is 1. The van der Waals surface area contributed by atoms with Crippen molar-refractivity contribution in [2.45, 2.75) is 45.1 Å². The Labute approximate surface area is 204 Å². The van der Waals surface area contributed by atoms with Gasteiger partial charge in [-0.25, -0.2) is 9.78 Å². The highest BCUT2D eigenvalue weighted by Gasteiger charge is 2.54. The summed E-state index contributed by atoms with van der Waals surface area (Å²) in [6, 6.07) is 7.30. The molecule has 0 spiro atoms. The number of rotatable bonds is 7. The Hall–Kier alpha value is -2.94. The van der Waals surface area contributed by atoms with E-state index in [1.54, 1.807) is 16.8 Å². The van der Waals surface area contributed by atoms with E-state index in [0.29, 0.717) is 50.9 Å². The molecule has 182 valence electrons. The van der Waals surface area contributed by atoms with E-state index < -0.39 is 5.54 Å². The Balaban J connectivity index is 1.40. The minimum atomic E-state index is -0.887. The van der Waals surface area contributed by atoms with E-state index in [4.69, 9.17) is 0 Å². The monoisotopic (exact) mass is 483 g/mol. The number of likely N-dealkylation sites (tertiary alicyclic amines) is 1. The summed E-state index contributed by atoms with van der Waals surface area (Å²) in [6.45, 7) is 5.40. The fraction of sp³-hybridized carbons (Fsp3) is 0.520. The maximum absolute atomic E-state index is 13.5. The van der Waals surface area contributed by atoms with Crippen molar-refractivity contribution in [3.05, 3.63) is 45.9 Å². The first-order valence-electron chi connectivity index (χ1n) is 11.9. The minimum absolute atomic E-state index is 0.00394. The van der Waals surface area contributed by atoms with Gasteiger partial charge >= 0.3 is 6.03 Å². The number of nitrogens with zero attached hydrogens (tertiary/aromatic N) is 4. The summed E-state index contributed by atoms with van der Waals surface area (Å²) in [6.07, 6.45) is 2.53. The molecule has 4 rings (SSSR count). The molecule has 2 fully saturated rings. The number of imide groups is 1. The van der Waals surface area contributed by atoms with E-state index in [1.165, 1.54) is 4.90 Å². The fourth-order valence-corrected chi connectivity index (χ4v) is 5.86. The Morgan fingerprint density at radius 1 is 1.21 bits per heavy atom. The van der Waals surface area contributed by atoms with Crippen LogP contribution in [0.2, 0.25) is 0 Å². The lowest BCUT2D eigenvalue weighted by molar-refractivity contribution is -0.134. The van der Waals surface area contributed by atoms with E-state index in [-0.39, 0.29) is 23.8 Å². The third-order valence-electron chi connectivity index (χ3n) is 7.28. The lowest BCUT2D eigenvalue weighted by Crippen LogP contribution is -2.56. The van der Waals surface area contributed by atoms with E-state index in [0.717, 1.165) is 16.3 Å². The number of aryl methyl sites for hydroxylation is 1. The summed E-state index contributed by atoms with van der Waals surface area (Å²) in [5.74, 6) is -0.117. The van der Waals surface area contributed by atoms with Crippen LogP contribution in [0.1, 0.15) is 47.1 Å². The Morgan fingerprint density at radius 3 is 2.44 bits per heavy atom. The quantitative estimate of drug-likeness (QED) is 0.611. The van der Waals surface area contributed by atoms with Crippen LogP contribution in [0.3, 0.4) is 0 Å². The maximum Gasteiger partial charge on any atom is 0.325 e. The summed E-state index contributed by atoms with van der Waals surface area (Å²) in [4.78, 5) is 49.9. The van der Waals surface area contributed by atoms with Gasteiger partial charge in [-0.1, -0.05) is 6.92 Å². The van der Waals surface area contributed by atoms with Gasteiger partial charge in [0.2, 0.25) is 0 Å². The average Bonchev–Trinajstić information content (AvgIpc) is 3.37. The molecule has 1 atom stereocenters. The SMILES string of the molecule is CC[C@]1(C2CCN(C(=O)c3ccc(N(C)C)cc3)CC2)NC(=O)N(CCc2scnc2C)C1=O. The maximum atomic E-state index is 13.5. The van der Waals surface area contributed by atoms with Gasteiger partial charge in [0.05, 0.1) is 11.2 Å². The number of amides is 4. The van der Waals surface area contributed by atoms with Crippen LogP contribution in [0.5, 0.6) is 0 Å². The van der Waals surface area contributed by atoms with Gasteiger partial charge in [-0.3, -0.25) is 14.5 Å². The molecular weight excluding hydrogens is 450 g/mol. The molecule has 0 unspecified atom stereocenters. The standard InChI is InChI=1S/C25H33N5O3S/c1-5-25(23(32)30(24(33)27-25)15-12-21-17(2)26-16-34-21)19-10-13-29(14-11-19)22(31)18-6-8-20(9-7-18)28(3)4/h6-9,16,19H,5,10-15H2,1-4H3,(H,27,33)/t25-/m1/s1. The minimum Gasteiger partial charge on any atom is -0.378 e. The number of piperidine rings is 1.